The van der Waals surface area contributed by atoms with Crippen molar-refractivity contribution in [3.63, 3.8) is 0 Å². The minimum absolute atomic E-state index is 0.0325. The number of nitrogens with zero attached hydrogens (tertiary/aromatic N) is 1. The maximum Gasteiger partial charge on any atom is 0.284 e. The van der Waals surface area contributed by atoms with Gasteiger partial charge in [-0.1, -0.05) is 29.8 Å². The topological polar surface area (TPSA) is 89.9 Å². The number of hydrogen-bond donors (Lipinski definition) is 3. The molecular weight excluding hydrogens is 478 g/mol. The van der Waals surface area contributed by atoms with Crippen molar-refractivity contribution in [2.75, 3.05) is 23.4 Å². The minimum Gasteiger partial charge on any atom is -0.393 e. The Labute approximate surface area is 205 Å². The molecule has 1 heterocycles. The van der Waals surface area contributed by atoms with Gasteiger partial charge >= 0.3 is 0 Å². The molecule has 9 heteroatoms. The molecule has 1 atom stereocenters. The zero-order valence-corrected chi connectivity index (χ0v) is 19.5. The first kappa shape index (κ1) is 24.8. The summed E-state index contributed by atoms with van der Waals surface area (Å²) in [7, 11) is 0. The van der Waals surface area contributed by atoms with Crippen LogP contribution in [0.2, 0.25) is 5.02 Å². The second-order valence-electron chi connectivity index (χ2n) is 8.44. The number of rotatable bonds is 4. The van der Waals surface area contributed by atoms with Gasteiger partial charge in [0.15, 0.2) is 5.60 Å². The Kier molecular flexibility index (Phi) is 6.64. The number of fused-ring (bicyclic) bond motifs is 1. The third-order valence-corrected chi connectivity index (χ3v) is 6.44. The number of anilines is 2. The number of aryl methyl sites for hydroxylation is 1. The van der Waals surface area contributed by atoms with Crippen LogP contribution in [0.15, 0.2) is 66.7 Å². The summed E-state index contributed by atoms with van der Waals surface area (Å²) >= 11 is 5.99. The molecule has 182 valence electrons. The van der Waals surface area contributed by atoms with E-state index in [1.807, 2.05) is 19.1 Å². The summed E-state index contributed by atoms with van der Waals surface area (Å²) in [5.41, 5.74) is -1.21. The number of hydrogen-bond acceptors (Lipinski definition) is 4. The van der Waals surface area contributed by atoms with Crippen molar-refractivity contribution < 1.29 is 28.6 Å². The molecule has 0 radical (unpaired) electrons. The fraction of sp³-hybridized carbons (Fsp3) is 0.231. The number of aliphatic hydroxyl groups is 2. The summed E-state index contributed by atoms with van der Waals surface area (Å²) in [4.78, 5) is 27.0. The summed E-state index contributed by atoms with van der Waals surface area (Å²) < 4.78 is 29.7. The SMILES string of the molecule is Cc1ccccc1C(=O)Nc1ccc(C(=O)N2CCC(F)(F)[C@](O)(CO)c3cc(Cl)ccc32)cc1. The zero-order chi connectivity index (χ0) is 25.4. The molecule has 6 nitrogen and oxygen atoms in total. The van der Waals surface area contributed by atoms with Gasteiger partial charge in [0.1, 0.15) is 0 Å². The van der Waals surface area contributed by atoms with Crippen LogP contribution < -0.4 is 10.2 Å². The van der Waals surface area contributed by atoms with Crippen molar-refractivity contribution in [2.45, 2.75) is 24.9 Å². The predicted molar refractivity (Wildman–Crippen MR) is 129 cm³/mol. The highest BCUT2D eigenvalue weighted by Gasteiger charge is 2.56. The van der Waals surface area contributed by atoms with E-state index in [0.717, 1.165) is 16.5 Å². The summed E-state index contributed by atoms with van der Waals surface area (Å²) in [6.45, 7) is 0.184. The van der Waals surface area contributed by atoms with Gasteiger partial charge in [-0.15, -0.1) is 0 Å². The Balaban J connectivity index is 1.62. The van der Waals surface area contributed by atoms with Crippen LogP contribution in [-0.4, -0.2) is 41.1 Å². The summed E-state index contributed by atoms with van der Waals surface area (Å²) in [5, 5.41) is 23.3. The molecule has 1 aliphatic rings. The lowest BCUT2D eigenvalue weighted by atomic mass is 9.86. The van der Waals surface area contributed by atoms with Crippen LogP contribution in [0.3, 0.4) is 0 Å². The van der Waals surface area contributed by atoms with Crippen molar-refractivity contribution in [2.24, 2.45) is 0 Å². The van der Waals surface area contributed by atoms with Gasteiger partial charge < -0.3 is 20.4 Å². The van der Waals surface area contributed by atoms with Crippen LogP contribution in [-0.2, 0) is 5.60 Å². The maximum atomic E-state index is 14.9. The normalized spacial score (nSPS) is 19.0. The van der Waals surface area contributed by atoms with Gasteiger partial charge in [-0.3, -0.25) is 9.59 Å². The van der Waals surface area contributed by atoms with Crippen molar-refractivity contribution in [3.8, 4) is 0 Å². The Bertz CT molecular complexity index is 1280. The fourth-order valence-electron chi connectivity index (χ4n) is 4.14. The van der Waals surface area contributed by atoms with Crippen LogP contribution in [0.25, 0.3) is 0 Å². The number of carbonyl (C=O) groups is 2. The van der Waals surface area contributed by atoms with E-state index in [4.69, 9.17) is 11.6 Å². The highest BCUT2D eigenvalue weighted by atomic mass is 35.5. The monoisotopic (exact) mass is 500 g/mol. The van der Waals surface area contributed by atoms with Crippen molar-refractivity contribution in [3.05, 3.63) is 94.0 Å². The molecule has 3 N–H and O–H groups in total. The van der Waals surface area contributed by atoms with Gasteiger partial charge in [-0.25, -0.2) is 8.78 Å². The lowest BCUT2D eigenvalue weighted by molar-refractivity contribution is -0.205. The van der Waals surface area contributed by atoms with E-state index in [-0.39, 0.29) is 27.7 Å². The molecule has 3 aromatic rings. The lowest BCUT2D eigenvalue weighted by Gasteiger charge is -2.33. The molecule has 0 spiro atoms. The Morgan fingerprint density at radius 2 is 1.77 bits per heavy atom. The van der Waals surface area contributed by atoms with E-state index in [1.54, 1.807) is 24.3 Å². The number of amides is 2. The number of benzene rings is 3. The van der Waals surface area contributed by atoms with Gasteiger partial charge in [0.05, 0.1) is 12.3 Å². The number of carbonyl (C=O) groups excluding carboxylic acids is 2. The fourth-order valence-corrected chi connectivity index (χ4v) is 4.31. The first-order valence-electron chi connectivity index (χ1n) is 10.9. The van der Waals surface area contributed by atoms with E-state index in [9.17, 15) is 28.6 Å². The number of alkyl halides is 2. The van der Waals surface area contributed by atoms with Crippen LogP contribution in [0, 0.1) is 6.92 Å². The van der Waals surface area contributed by atoms with Gasteiger partial charge in [-0.05, 0) is 61.0 Å². The largest absolute Gasteiger partial charge is 0.393 e. The second kappa shape index (κ2) is 9.37. The molecular formula is C26H23ClF2N2O4. The highest BCUT2D eigenvalue weighted by Crippen LogP contribution is 2.47. The Morgan fingerprint density at radius 3 is 2.43 bits per heavy atom. The molecule has 0 saturated carbocycles. The Hall–Kier alpha value is -3.33. The van der Waals surface area contributed by atoms with Crippen LogP contribution in [0.1, 0.15) is 38.3 Å². The second-order valence-corrected chi connectivity index (χ2v) is 8.87. The first-order valence-corrected chi connectivity index (χ1v) is 11.3. The summed E-state index contributed by atoms with van der Waals surface area (Å²) in [5.74, 6) is -4.59. The van der Waals surface area contributed by atoms with Gasteiger partial charge in [0, 0.05) is 40.4 Å². The quantitative estimate of drug-likeness (QED) is 0.481. The third-order valence-electron chi connectivity index (χ3n) is 6.20. The molecule has 0 unspecified atom stereocenters. The van der Waals surface area contributed by atoms with Crippen molar-refractivity contribution in [1.82, 2.24) is 0 Å². The van der Waals surface area contributed by atoms with E-state index in [0.29, 0.717) is 11.3 Å². The summed E-state index contributed by atoms with van der Waals surface area (Å²) in [6, 6.07) is 17.1. The van der Waals surface area contributed by atoms with E-state index >= 15 is 0 Å². The highest BCUT2D eigenvalue weighted by molar-refractivity contribution is 6.30. The lowest BCUT2D eigenvalue weighted by Crippen LogP contribution is -2.48. The molecule has 0 bridgehead atoms. The van der Waals surface area contributed by atoms with Gasteiger partial charge in [0.25, 0.3) is 17.7 Å². The van der Waals surface area contributed by atoms with E-state index in [1.165, 1.54) is 24.3 Å². The first-order chi connectivity index (χ1) is 16.6. The smallest absolute Gasteiger partial charge is 0.284 e. The minimum atomic E-state index is -3.71. The summed E-state index contributed by atoms with van der Waals surface area (Å²) in [6.07, 6.45) is -0.868. The van der Waals surface area contributed by atoms with E-state index < -0.39 is 37.0 Å². The number of halogens is 3. The molecule has 3 aromatic carbocycles. The standard InChI is InChI=1S/C26H23ClF2N2O4/c1-16-4-2-3-5-20(16)23(33)30-19-9-6-17(7-10-19)24(34)31-13-12-26(28,29)25(35,15-32)21-14-18(27)8-11-22(21)31/h2-11,14,32,35H,12-13,15H2,1H3,(H,30,33)/t25-/m0/s1. The van der Waals surface area contributed by atoms with E-state index in [2.05, 4.69) is 5.32 Å². The third kappa shape index (κ3) is 4.52. The number of nitrogens with one attached hydrogen (secondary N) is 1. The van der Waals surface area contributed by atoms with Crippen molar-refractivity contribution in [1.29, 1.82) is 0 Å². The van der Waals surface area contributed by atoms with Gasteiger partial charge in [-0.2, -0.15) is 0 Å². The molecule has 0 fully saturated rings. The molecule has 4 rings (SSSR count). The number of aliphatic hydroxyl groups excluding tert-OH is 1. The molecule has 35 heavy (non-hydrogen) atoms. The average molecular weight is 501 g/mol. The van der Waals surface area contributed by atoms with Crippen molar-refractivity contribution >= 4 is 34.8 Å². The predicted octanol–water partition coefficient (Wildman–Crippen LogP) is 4.77. The molecule has 0 aromatic heterocycles. The average Bonchev–Trinajstić information content (AvgIpc) is 2.92. The molecule has 0 saturated heterocycles. The molecule has 2 amide bonds. The van der Waals surface area contributed by atoms with Crippen LogP contribution >= 0.6 is 11.6 Å². The van der Waals surface area contributed by atoms with Crippen LogP contribution in [0.5, 0.6) is 0 Å². The van der Waals surface area contributed by atoms with Crippen LogP contribution in [0.4, 0.5) is 20.2 Å². The Morgan fingerprint density at radius 1 is 1.09 bits per heavy atom. The van der Waals surface area contributed by atoms with Gasteiger partial charge in [0.2, 0.25) is 0 Å². The molecule has 1 aliphatic heterocycles. The maximum absolute atomic E-state index is 14.9. The molecule has 0 aliphatic carbocycles. The zero-order valence-electron chi connectivity index (χ0n) is 18.8.